The zero-order valence-corrected chi connectivity index (χ0v) is 12.1. The van der Waals surface area contributed by atoms with Gasteiger partial charge >= 0.3 is 0 Å². The number of fused-ring (bicyclic) bond motifs is 1. The summed E-state index contributed by atoms with van der Waals surface area (Å²) in [5, 5.41) is 3.07. The largest absolute Gasteiger partial charge is 0.398 e. The first kappa shape index (κ1) is 12.8. The lowest BCUT2D eigenvalue weighted by Crippen LogP contribution is -2.14. The summed E-state index contributed by atoms with van der Waals surface area (Å²) in [5.41, 5.74) is 6.89. The molecule has 2 N–H and O–H groups in total. The van der Waals surface area contributed by atoms with Gasteiger partial charge in [-0.1, -0.05) is 19.8 Å². The van der Waals surface area contributed by atoms with E-state index < -0.39 is 0 Å². The van der Waals surface area contributed by atoms with E-state index >= 15 is 0 Å². The van der Waals surface area contributed by atoms with Gasteiger partial charge in [-0.2, -0.15) is 0 Å². The third-order valence-corrected chi connectivity index (χ3v) is 5.37. The molecule has 0 saturated heterocycles. The van der Waals surface area contributed by atoms with Gasteiger partial charge in [-0.15, -0.1) is 11.8 Å². The molecule has 0 aliphatic heterocycles. The summed E-state index contributed by atoms with van der Waals surface area (Å²) in [6.45, 7) is 2.37. The van der Waals surface area contributed by atoms with Crippen molar-refractivity contribution in [2.75, 3.05) is 5.73 Å². The van der Waals surface area contributed by atoms with E-state index in [-0.39, 0.29) is 0 Å². The Morgan fingerprint density at radius 3 is 2.95 bits per heavy atom. The van der Waals surface area contributed by atoms with Gasteiger partial charge in [0.15, 0.2) is 0 Å². The molecule has 0 bridgehead atoms. The van der Waals surface area contributed by atoms with Crippen LogP contribution in [0.1, 0.15) is 32.6 Å². The number of aromatic nitrogens is 1. The average molecular weight is 272 g/mol. The number of nitrogen functional groups attached to an aromatic ring is 1. The molecule has 1 aliphatic carbocycles. The van der Waals surface area contributed by atoms with Crippen LogP contribution in [0.3, 0.4) is 0 Å². The number of anilines is 1. The van der Waals surface area contributed by atoms with Gasteiger partial charge in [0.2, 0.25) is 0 Å². The number of rotatable bonds is 2. The molecule has 2 nitrogen and oxygen atoms in total. The Kier molecular flexibility index (Phi) is 3.65. The van der Waals surface area contributed by atoms with Gasteiger partial charge < -0.3 is 5.73 Å². The van der Waals surface area contributed by atoms with Gasteiger partial charge in [-0.25, -0.2) is 0 Å². The van der Waals surface area contributed by atoms with Crippen LogP contribution in [-0.4, -0.2) is 10.2 Å². The van der Waals surface area contributed by atoms with Gasteiger partial charge in [0.25, 0.3) is 0 Å². The lowest BCUT2D eigenvalue weighted by atomic mass is 9.91. The van der Waals surface area contributed by atoms with Gasteiger partial charge in [-0.3, -0.25) is 4.98 Å². The maximum atomic E-state index is 6.04. The average Bonchev–Trinajstić information content (AvgIpc) is 2.42. The Labute approximate surface area is 118 Å². The summed E-state index contributed by atoms with van der Waals surface area (Å²) in [5.74, 6) is 0.865. The normalized spacial score (nSPS) is 23.6. The van der Waals surface area contributed by atoms with Crippen molar-refractivity contribution in [2.45, 2.75) is 42.8 Å². The number of thioether (sulfide) groups is 1. The van der Waals surface area contributed by atoms with E-state index in [4.69, 9.17) is 5.73 Å². The first-order chi connectivity index (χ1) is 9.24. The van der Waals surface area contributed by atoms with Crippen molar-refractivity contribution in [1.82, 2.24) is 4.98 Å². The Bertz CT molecular complexity index is 582. The molecular formula is C16H20N2S. The van der Waals surface area contributed by atoms with Crippen LogP contribution in [0.4, 0.5) is 5.69 Å². The molecular weight excluding hydrogens is 252 g/mol. The summed E-state index contributed by atoms with van der Waals surface area (Å²) >= 11 is 2.01. The predicted molar refractivity (Wildman–Crippen MR) is 83.4 cm³/mol. The summed E-state index contributed by atoms with van der Waals surface area (Å²) in [6.07, 6.45) is 9.18. The number of benzene rings is 1. The number of nitrogens with two attached hydrogens (primary N) is 1. The molecule has 1 saturated carbocycles. The molecule has 100 valence electrons. The molecule has 19 heavy (non-hydrogen) atoms. The highest BCUT2D eigenvalue weighted by molar-refractivity contribution is 8.00. The number of pyridine rings is 1. The van der Waals surface area contributed by atoms with Crippen molar-refractivity contribution < 1.29 is 0 Å². The second-order valence-electron chi connectivity index (χ2n) is 5.59. The second-order valence-corrected chi connectivity index (χ2v) is 6.93. The Balaban J connectivity index is 1.90. The standard InChI is InChI=1S/C16H20N2S/c1-11-3-2-4-12(9-11)19-16-6-5-15(17)13-7-8-18-10-14(13)16/h5-8,10-12H,2-4,9,17H2,1H3. The Morgan fingerprint density at radius 2 is 2.11 bits per heavy atom. The second kappa shape index (κ2) is 5.41. The third-order valence-electron chi connectivity index (χ3n) is 3.99. The van der Waals surface area contributed by atoms with E-state index in [9.17, 15) is 0 Å². The lowest BCUT2D eigenvalue weighted by Gasteiger charge is -2.26. The van der Waals surface area contributed by atoms with Gasteiger partial charge in [0.05, 0.1) is 0 Å². The zero-order valence-electron chi connectivity index (χ0n) is 11.3. The smallest absolute Gasteiger partial charge is 0.0395 e. The van der Waals surface area contributed by atoms with Crippen LogP contribution in [0.15, 0.2) is 35.5 Å². The summed E-state index contributed by atoms with van der Waals surface area (Å²) in [4.78, 5) is 5.58. The quantitative estimate of drug-likeness (QED) is 0.819. The molecule has 2 unspecified atom stereocenters. The van der Waals surface area contributed by atoms with Crippen molar-refractivity contribution in [1.29, 1.82) is 0 Å². The Hall–Kier alpha value is -1.22. The van der Waals surface area contributed by atoms with Crippen molar-refractivity contribution >= 4 is 28.2 Å². The number of hydrogen-bond acceptors (Lipinski definition) is 3. The molecule has 1 aromatic carbocycles. The van der Waals surface area contributed by atoms with Gasteiger partial charge in [0.1, 0.15) is 0 Å². The maximum Gasteiger partial charge on any atom is 0.0395 e. The van der Waals surface area contributed by atoms with Crippen molar-refractivity contribution in [3.8, 4) is 0 Å². The number of nitrogens with zero attached hydrogens (tertiary/aromatic N) is 1. The van der Waals surface area contributed by atoms with Gasteiger partial charge in [0, 0.05) is 39.0 Å². The minimum absolute atomic E-state index is 0.746. The van der Waals surface area contributed by atoms with Crippen LogP contribution in [0.2, 0.25) is 0 Å². The monoisotopic (exact) mass is 272 g/mol. The summed E-state index contributed by atoms with van der Waals surface area (Å²) < 4.78 is 0. The first-order valence-electron chi connectivity index (χ1n) is 7.03. The van der Waals surface area contributed by atoms with Crippen molar-refractivity contribution in [2.24, 2.45) is 5.92 Å². The molecule has 0 radical (unpaired) electrons. The fourth-order valence-corrected chi connectivity index (χ4v) is 4.46. The molecule has 1 heterocycles. The van der Waals surface area contributed by atoms with E-state index in [0.29, 0.717) is 0 Å². The molecule has 3 rings (SSSR count). The molecule has 1 aliphatic rings. The summed E-state index contributed by atoms with van der Waals surface area (Å²) in [7, 11) is 0. The van der Waals surface area contributed by atoms with Crippen molar-refractivity contribution in [3.63, 3.8) is 0 Å². The maximum absolute atomic E-state index is 6.04. The summed E-state index contributed by atoms with van der Waals surface area (Å²) in [6, 6.07) is 6.19. The topological polar surface area (TPSA) is 38.9 Å². The highest BCUT2D eigenvalue weighted by Crippen LogP contribution is 2.39. The minimum Gasteiger partial charge on any atom is -0.398 e. The van der Waals surface area contributed by atoms with Crippen LogP contribution >= 0.6 is 11.8 Å². The molecule has 3 heteroatoms. The van der Waals surface area contributed by atoms with Crippen LogP contribution in [0, 0.1) is 5.92 Å². The molecule has 0 amide bonds. The van der Waals surface area contributed by atoms with E-state index in [1.807, 2.05) is 36.3 Å². The molecule has 2 aromatic rings. The molecule has 1 fully saturated rings. The molecule has 2 atom stereocenters. The fourth-order valence-electron chi connectivity index (χ4n) is 2.96. The van der Waals surface area contributed by atoms with E-state index in [0.717, 1.165) is 22.2 Å². The van der Waals surface area contributed by atoms with E-state index in [1.165, 1.54) is 36.0 Å². The predicted octanol–water partition coefficient (Wildman–Crippen LogP) is 4.49. The number of hydrogen-bond donors (Lipinski definition) is 1. The Morgan fingerprint density at radius 1 is 1.21 bits per heavy atom. The van der Waals surface area contributed by atoms with Crippen LogP contribution in [0.5, 0.6) is 0 Å². The highest BCUT2D eigenvalue weighted by Gasteiger charge is 2.20. The zero-order chi connectivity index (χ0) is 13.2. The van der Waals surface area contributed by atoms with Crippen LogP contribution in [-0.2, 0) is 0 Å². The molecule has 1 aromatic heterocycles. The minimum atomic E-state index is 0.746. The fraction of sp³-hybridized carbons (Fsp3) is 0.438. The van der Waals surface area contributed by atoms with Crippen LogP contribution in [0.25, 0.3) is 10.8 Å². The van der Waals surface area contributed by atoms with Crippen LogP contribution < -0.4 is 5.73 Å². The third kappa shape index (κ3) is 2.71. The first-order valence-corrected chi connectivity index (χ1v) is 7.91. The van der Waals surface area contributed by atoms with Gasteiger partial charge in [-0.05, 0) is 37.0 Å². The lowest BCUT2D eigenvalue weighted by molar-refractivity contribution is 0.394. The van der Waals surface area contributed by atoms with Crippen molar-refractivity contribution in [3.05, 3.63) is 30.6 Å². The highest BCUT2D eigenvalue weighted by atomic mass is 32.2. The van der Waals surface area contributed by atoms with E-state index in [1.54, 1.807) is 0 Å². The van der Waals surface area contributed by atoms with E-state index in [2.05, 4.69) is 18.0 Å². The molecule has 0 spiro atoms. The SMILES string of the molecule is CC1CCCC(Sc2ccc(N)c3ccncc23)C1.